The lowest BCUT2D eigenvalue weighted by molar-refractivity contribution is -0.119. The first-order valence-electron chi connectivity index (χ1n) is 5.13. The number of rotatable bonds is 4. The van der Waals surface area contributed by atoms with Gasteiger partial charge in [0, 0.05) is 10.8 Å². The molecule has 0 saturated carbocycles. The average Bonchev–Trinajstić information content (AvgIpc) is 2.14. The summed E-state index contributed by atoms with van der Waals surface area (Å²) in [6, 6.07) is 0. The summed E-state index contributed by atoms with van der Waals surface area (Å²) in [5, 5.41) is 0. The summed E-state index contributed by atoms with van der Waals surface area (Å²) < 4.78 is 0. The molecule has 0 aliphatic heterocycles. The lowest BCUT2D eigenvalue weighted by Gasteiger charge is -2.11. The Bertz CT molecular complexity index is 263. The van der Waals surface area contributed by atoms with Crippen molar-refractivity contribution >= 4 is 17.5 Å². The van der Waals surface area contributed by atoms with Gasteiger partial charge in [-0.05, 0) is 12.3 Å². The molecular formula is C12H18OS. The highest BCUT2D eigenvalue weighted by atomic mass is 32.2. The zero-order valence-electron chi connectivity index (χ0n) is 9.12. The van der Waals surface area contributed by atoms with Crippen LogP contribution in [-0.2, 0) is 4.79 Å². The Morgan fingerprint density at radius 3 is 2.93 bits per heavy atom. The van der Waals surface area contributed by atoms with Crippen LogP contribution in [0.15, 0.2) is 23.1 Å². The Morgan fingerprint density at radius 2 is 2.36 bits per heavy atom. The van der Waals surface area contributed by atoms with Crippen molar-refractivity contribution in [1.82, 2.24) is 0 Å². The number of hydrogen-bond acceptors (Lipinski definition) is 2. The molecule has 0 N–H and O–H groups in total. The standard InChI is InChI=1S/C12H18OS/c1-9(2)12(13)8-14-11-6-4-5-10(3)7-11/h4,6-7,9-10H,5,8H2,1-3H3. The highest BCUT2D eigenvalue weighted by molar-refractivity contribution is 8.03. The second-order valence-corrected chi connectivity index (χ2v) is 5.14. The molecule has 0 aromatic heterocycles. The second-order valence-electron chi connectivity index (χ2n) is 4.09. The van der Waals surface area contributed by atoms with Gasteiger partial charge in [0.2, 0.25) is 0 Å². The highest BCUT2D eigenvalue weighted by Crippen LogP contribution is 2.25. The molecule has 2 heteroatoms. The van der Waals surface area contributed by atoms with Gasteiger partial charge in [0.05, 0.1) is 5.75 Å². The molecule has 1 nitrogen and oxygen atoms in total. The quantitative estimate of drug-likeness (QED) is 0.707. The van der Waals surface area contributed by atoms with E-state index in [1.807, 2.05) is 13.8 Å². The molecule has 0 saturated heterocycles. The number of hydrogen-bond donors (Lipinski definition) is 0. The van der Waals surface area contributed by atoms with Crippen molar-refractivity contribution in [2.24, 2.45) is 11.8 Å². The number of carbonyl (C=O) groups is 1. The summed E-state index contributed by atoms with van der Waals surface area (Å²) in [4.78, 5) is 12.6. The molecule has 14 heavy (non-hydrogen) atoms. The van der Waals surface area contributed by atoms with Crippen LogP contribution in [0.25, 0.3) is 0 Å². The molecule has 1 aliphatic rings. The molecule has 1 aliphatic carbocycles. The first-order chi connectivity index (χ1) is 6.59. The lowest BCUT2D eigenvalue weighted by Crippen LogP contribution is -2.09. The van der Waals surface area contributed by atoms with Gasteiger partial charge in [-0.2, -0.15) is 0 Å². The second kappa shape index (κ2) is 5.40. The molecule has 0 fully saturated rings. The topological polar surface area (TPSA) is 17.1 Å². The van der Waals surface area contributed by atoms with E-state index in [0.717, 1.165) is 6.42 Å². The van der Waals surface area contributed by atoms with Crippen molar-refractivity contribution in [1.29, 1.82) is 0 Å². The van der Waals surface area contributed by atoms with Gasteiger partial charge in [-0.1, -0.05) is 39.0 Å². The van der Waals surface area contributed by atoms with E-state index in [9.17, 15) is 4.79 Å². The van der Waals surface area contributed by atoms with E-state index in [4.69, 9.17) is 0 Å². The van der Waals surface area contributed by atoms with Crippen LogP contribution in [0.5, 0.6) is 0 Å². The first kappa shape index (κ1) is 11.6. The zero-order valence-corrected chi connectivity index (χ0v) is 9.93. The highest BCUT2D eigenvalue weighted by Gasteiger charge is 2.09. The smallest absolute Gasteiger partial charge is 0.145 e. The molecule has 0 bridgehead atoms. The number of allylic oxidation sites excluding steroid dienone is 3. The van der Waals surface area contributed by atoms with E-state index in [1.54, 1.807) is 11.8 Å². The Labute approximate surface area is 90.7 Å². The first-order valence-corrected chi connectivity index (χ1v) is 6.12. The molecular weight excluding hydrogens is 192 g/mol. The molecule has 1 atom stereocenters. The molecule has 0 aromatic rings. The molecule has 0 radical (unpaired) electrons. The van der Waals surface area contributed by atoms with Crippen LogP contribution in [0, 0.1) is 11.8 Å². The number of carbonyl (C=O) groups excluding carboxylic acids is 1. The number of thioether (sulfide) groups is 1. The third-order valence-electron chi connectivity index (χ3n) is 2.26. The fourth-order valence-corrected chi connectivity index (χ4v) is 2.38. The Balaban J connectivity index is 2.38. The van der Waals surface area contributed by atoms with Crippen molar-refractivity contribution in [3.63, 3.8) is 0 Å². The lowest BCUT2D eigenvalue weighted by atomic mass is 10.0. The van der Waals surface area contributed by atoms with Crippen LogP contribution < -0.4 is 0 Å². The normalized spacial score (nSPS) is 21.1. The average molecular weight is 210 g/mol. The Morgan fingerprint density at radius 1 is 1.64 bits per heavy atom. The maximum absolute atomic E-state index is 11.4. The largest absolute Gasteiger partial charge is 0.298 e. The molecule has 0 aromatic carbocycles. The van der Waals surface area contributed by atoms with Crippen LogP contribution >= 0.6 is 11.8 Å². The van der Waals surface area contributed by atoms with Crippen molar-refractivity contribution < 1.29 is 4.79 Å². The Hall–Kier alpha value is -0.500. The number of ketones is 1. The summed E-state index contributed by atoms with van der Waals surface area (Å²) in [6.07, 6.45) is 7.69. The molecule has 0 spiro atoms. The summed E-state index contributed by atoms with van der Waals surface area (Å²) in [5.41, 5.74) is 0. The Kier molecular flexibility index (Phi) is 4.46. The van der Waals surface area contributed by atoms with Gasteiger partial charge >= 0.3 is 0 Å². The van der Waals surface area contributed by atoms with E-state index in [2.05, 4.69) is 25.2 Å². The maximum Gasteiger partial charge on any atom is 0.145 e. The SMILES string of the molecule is CC1C=C(SCC(=O)C(C)C)C=CC1. The van der Waals surface area contributed by atoms with Gasteiger partial charge in [0.1, 0.15) is 5.78 Å². The molecule has 78 valence electrons. The van der Waals surface area contributed by atoms with Crippen LogP contribution in [-0.4, -0.2) is 11.5 Å². The van der Waals surface area contributed by atoms with Gasteiger partial charge in [0.25, 0.3) is 0 Å². The third kappa shape index (κ3) is 3.70. The van der Waals surface area contributed by atoms with Gasteiger partial charge in [-0.15, -0.1) is 11.8 Å². The van der Waals surface area contributed by atoms with E-state index in [1.165, 1.54) is 4.91 Å². The van der Waals surface area contributed by atoms with Crippen LogP contribution in [0.3, 0.4) is 0 Å². The summed E-state index contributed by atoms with van der Waals surface area (Å²) in [5.74, 6) is 1.73. The van der Waals surface area contributed by atoms with Crippen LogP contribution in [0.2, 0.25) is 0 Å². The zero-order chi connectivity index (χ0) is 10.6. The fourth-order valence-electron chi connectivity index (χ4n) is 1.22. The predicted octanol–water partition coefficient (Wildman–Crippen LogP) is 3.42. The van der Waals surface area contributed by atoms with Crippen LogP contribution in [0.1, 0.15) is 27.2 Å². The summed E-state index contributed by atoms with van der Waals surface area (Å²) >= 11 is 1.66. The summed E-state index contributed by atoms with van der Waals surface area (Å²) in [7, 11) is 0. The van der Waals surface area contributed by atoms with Gasteiger partial charge in [0.15, 0.2) is 0 Å². The molecule has 0 heterocycles. The minimum Gasteiger partial charge on any atom is -0.298 e. The third-order valence-corrected chi connectivity index (χ3v) is 3.30. The van der Waals surface area contributed by atoms with Crippen molar-refractivity contribution in [2.75, 3.05) is 5.75 Å². The number of Topliss-reactive ketones (excluding diaryl/α,β-unsaturated/α-hetero) is 1. The van der Waals surface area contributed by atoms with Gasteiger partial charge in [-0.3, -0.25) is 4.79 Å². The summed E-state index contributed by atoms with van der Waals surface area (Å²) in [6.45, 7) is 6.11. The van der Waals surface area contributed by atoms with Crippen molar-refractivity contribution in [3.8, 4) is 0 Å². The maximum atomic E-state index is 11.4. The molecule has 1 unspecified atom stereocenters. The van der Waals surface area contributed by atoms with E-state index in [0.29, 0.717) is 17.5 Å². The minimum absolute atomic E-state index is 0.160. The monoisotopic (exact) mass is 210 g/mol. The van der Waals surface area contributed by atoms with Crippen molar-refractivity contribution in [2.45, 2.75) is 27.2 Å². The van der Waals surface area contributed by atoms with Crippen molar-refractivity contribution in [3.05, 3.63) is 23.1 Å². The van der Waals surface area contributed by atoms with Gasteiger partial charge < -0.3 is 0 Å². The minimum atomic E-state index is 0.160. The van der Waals surface area contributed by atoms with E-state index < -0.39 is 0 Å². The molecule has 0 amide bonds. The fraction of sp³-hybridized carbons (Fsp3) is 0.583. The van der Waals surface area contributed by atoms with Crippen LogP contribution in [0.4, 0.5) is 0 Å². The van der Waals surface area contributed by atoms with E-state index in [-0.39, 0.29) is 5.92 Å². The predicted molar refractivity (Wildman–Crippen MR) is 63.3 cm³/mol. The van der Waals surface area contributed by atoms with Gasteiger partial charge in [-0.25, -0.2) is 0 Å². The molecule has 1 rings (SSSR count). The van der Waals surface area contributed by atoms with E-state index >= 15 is 0 Å².